The maximum absolute atomic E-state index is 12.3. The number of likely N-dealkylation sites (tertiary alicyclic amines) is 1. The molecule has 2 saturated heterocycles. The minimum atomic E-state index is -0.141. The molecule has 1 spiro atoms. The van der Waals surface area contributed by atoms with E-state index in [0.29, 0.717) is 25.0 Å². The number of rotatable bonds is 5. The fourth-order valence-corrected chi connectivity index (χ4v) is 3.84. The third kappa shape index (κ3) is 2.88. The van der Waals surface area contributed by atoms with Crippen LogP contribution in [0, 0.1) is 11.8 Å². The van der Waals surface area contributed by atoms with E-state index in [-0.39, 0.29) is 11.5 Å². The Hall–Kier alpha value is -1.46. The van der Waals surface area contributed by atoms with Gasteiger partial charge in [0.2, 0.25) is 5.91 Å². The molecule has 1 saturated carbocycles. The molecule has 0 radical (unpaired) electrons. The van der Waals surface area contributed by atoms with E-state index < -0.39 is 0 Å². The Morgan fingerprint density at radius 1 is 1.30 bits per heavy atom. The first-order valence-corrected chi connectivity index (χ1v) is 8.66. The van der Waals surface area contributed by atoms with Gasteiger partial charge in [0, 0.05) is 30.8 Å². The average Bonchev–Trinajstić information content (AvgIpc) is 2.89. The molecule has 1 aromatic heterocycles. The second-order valence-corrected chi connectivity index (χ2v) is 7.09. The zero-order chi connectivity index (χ0) is 15.7. The van der Waals surface area contributed by atoms with E-state index in [0.717, 1.165) is 44.5 Å². The van der Waals surface area contributed by atoms with Gasteiger partial charge in [0.1, 0.15) is 5.60 Å². The third-order valence-corrected chi connectivity index (χ3v) is 5.62. The predicted octanol–water partition coefficient (Wildman–Crippen LogP) is 2.02. The minimum Gasteiger partial charge on any atom is -0.376 e. The Labute approximate surface area is 137 Å². The van der Waals surface area contributed by atoms with Crippen molar-refractivity contribution < 1.29 is 14.3 Å². The molecule has 1 atom stereocenters. The third-order valence-electron chi connectivity index (χ3n) is 5.62. The number of carbonyl (C=O) groups is 1. The number of pyridine rings is 1. The summed E-state index contributed by atoms with van der Waals surface area (Å²) in [4.78, 5) is 18.3. The Kier molecular flexibility index (Phi) is 4.07. The molecule has 5 nitrogen and oxygen atoms in total. The molecule has 2 aliphatic heterocycles. The molecule has 0 N–H and O–H groups in total. The Balaban J connectivity index is 1.27. The summed E-state index contributed by atoms with van der Waals surface area (Å²) in [5, 5.41) is 0. The fraction of sp³-hybridized carbons (Fsp3) is 0.667. The van der Waals surface area contributed by atoms with E-state index in [4.69, 9.17) is 9.47 Å². The summed E-state index contributed by atoms with van der Waals surface area (Å²) in [5.41, 5.74) is 1.00. The molecular formula is C18H24N2O3. The molecular weight excluding hydrogens is 292 g/mol. The van der Waals surface area contributed by atoms with Crippen LogP contribution in [0.1, 0.15) is 31.2 Å². The van der Waals surface area contributed by atoms with Crippen LogP contribution in [0.4, 0.5) is 0 Å². The number of carbonyl (C=O) groups excluding carboxylic acids is 1. The van der Waals surface area contributed by atoms with Crippen molar-refractivity contribution in [2.45, 2.75) is 37.9 Å². The molecule has 4 rings (SSSR count). The van der Waals surface area contributed by atoms with Gasteiger partial charge in [0.05, 0.1) is 26.3 Å². The molecule has 3 aliphatic rings. The van der Waals surface area contributed by atoms with E-state index in [1.807, 2.05) is 17.0 Å². The number of hydrogen-bond donors (Lipinski definition) is 0. The van der Waals surface area contributed by atoms with Gasteiger partial charge in [0.15, 0.2) is 0 Å². The lowest BCUT2D eigenvalue weighted by Gasteiger charge is -2.51. The summed E-state index contributed by atoms with van der Waals surface area (Å²) in [6.45, 7) is 3.61. The van der Waals surface area contributed by atoms with E-state index in [2.05, 4.69) is 4.98 Å². The summed E-state index contributed by atoms with van der Waals surface area (Å²) < 4.78 is 11.9. The molecule has 1 aliphatic carbocycles. The van der Waals surface area contributed by atoms with Crippen LogP contribution < -0.4 is 0 Å². The Morgan fingerprint density at radius 2 is 2.09 bits per heavy atom. The predicted molar refractivity (Wildman–Crippen MR) is 84.6 cm³/mol. The van der Waals surface area contributed by atoms with Crippen molar-refractivity contribution in [3.05, 3.63) is 30.1 Å². The molecule has 1 unspecified atom stereocenters. The van der Waals surface area contributed by atoms with Crippen molar-refractivity contribution in [1.82, 2.24) is 9.88 Å². The summed E-state index contributed by atoms with van der Waals surface area (Å²) in [7, 11) is 0. The van der Waals surface area contributed by atoms with Crippen LogP contribution in [0.5, 0.6) is 0 Å². The average molecular weight is 316 g/mol. The standard InChI is InChI=1S/C18H24N2O3/c21-17(15-2-1-3-15)20-12-18(13-20)16(6-9-23-18)11-22-10-14-4-7-19-8-5-14/h4-5,7-8,15-16H,1-3,6,9-13H2. The van der Waals surface area contributed by atoms with Crippen molar-refractivity contribution in [3.8, 4) is 0 Å². The lowest BCUT2D eigenvalue weighted by Crippen LogP contribution is -2.67. The molecule has 1 amide bonds. The maximum atomic E-state index is 12.3. The maximum Gasteiger partial charge on any atom is 0.225 e. The highest BCUT2D eigenvalue weighted by Crippen LogP contribution is 2.42. The first-order chi connectivity index (χ1) is 11.3. The van der Waals surface area contributed by atoms with Crippen LogP contribution in [0.3, 0.4) is 0 Å². The highest BCUT2D eigenvalue weighted by atomic mass is 16.5. The van der Waals surface area contributed by atoms with E-state index in [9.17, 15) is 4.79 Å². The Bertz CT molecular complexity index is 553. The molecule has 124 valence electrons. The van der Waals surface area contributed by atoms with Gasteiger partial charge < -0.3 is 14.4 Å². The lowest BCUT2D eigenvalue weighted by atomic mass is 9.78. The van der Waals surface area contributed by atoms with E-state index in [1.165, 1.54) is 6.42 Å². The van der Waals surface area contributed by atoms with E-state index in [1.54, 1.807) is 12.4 Å². The van der Waals surface area contributed by atoms with Crippen LogP contribution in [-0.2, 0) is 20.9 Å². The van der Waals surface area contributed by atoms with Gasteiger partial charge in [-0.15, -0.1) is 0 Å². The molecule has 3 heterocycles. The minimum absolute atomic E-state index is 0.141. The van der Waals surface area contributed by atoms with Crippen molar-refractivity contribution in [3.63, 3.8) is 0 Å². The second kappa shape index (κ2) is 6.21. The number of amides is 1. The first-order valence-electron chi connectivity index (χ1n) is 8.66. The van der Waals surface area contributed by atoms with Crippen molar-refractivity contribution in [2.75, 3.05) is 26.3 Å². The van der Waals surface area contributed by atoms with Gasteiger partial charge in [-0.05, 0) is 37.0 Å². The largest absolute Gasteiger partial charge is 0.376 e. The number of hydrogen-bond acceptors (Lipinski definition) is 4. The van der Waals surface area contributed by atoms with Crippen molar-refractivity contribution in [2.24, 2.45) is 11.8 Å². The zero-order valence-corrected chi connectivity index (χ0v) is 13.4. The van der Waals surface area contributed by atoms with Gasteiger partial charge in [0.25, 0.3) is 0 Å². The number of ether oxygens (including phenoxy) is 2. The summed E-state index contributed by atoms with van der Waals surface area (Å²) in [5.74, 6) is 1.03. The van der Waals surface area contributed by atoms with Crippen LogP contribution in [0.25, 0.3) is 0 Å². The summed E-state index contributed by atoms with van der Waals surface area (Å²) >= 11 is 0. The van der Waals surface area contributed by atoms with Gasteiger partial charge in [-0.3, -0.25) is 9.78 Å². The topological polar surface area (TPSA) is 51.7 Å². The zero-order valence-electron chi connectivity index (χ0n) is 13.4. The van der Waals surface area contributed by atoms with Crippen LogP contribution in [-0.4, -0.2) is 47.7 Å². The van der Waals surface area contributed by atoms with Gasteiger partial charge in [-0.2, -0.15) is 0 Å². The van der Waals surface area contributed by atoms with E-state index >= 15 is 0 Å². The van der Waals surface area contributed by atoms with Crippen molar-refractivity contribution >= 4 is 5.91 Å². The fourth-order valence-electron chi connectivity index (χ4n) is 3.84. The summed E-state index contributed by atoms with van der Waals surface area (Å²) in [6, 6.07) is 3.95. The number of nitrogens with zero attached hydrogens (tertiary/aromatic N) is 2. The summed E-state index contributed by atoms with van der Waals surface area (Å²) in [6.07, 6.45) is 7.95. The molecule has 23 heavy (non-hydrogen) atoms. The van der Waals surface area contributed by atoms with Gasteiger partial charge in [-0.1, -0.05) is 6.42 Å². The highest BCUT2D eigenvalue weighted by Gasteiger charge is 2.55. The monoisotopic (exact) mass is 316 g/mol. The van der Waals surface area contributed by atoms with Crippen LogP contribution >= 0.6 is 0 Å². The van der Waals surface area contributed by atoms with Crippen LogP contribution in [0.15, 0.2) is 24.5 Å². The molecule has 1 aromatic rings. The molecule has 0 aromatic carbocycles. The Morgan fingerprint density at radius 3 is 2.78 bits per heavy atom. The number of aromatic nitrogens is 1. The second-order valence-electron chi connectivity index (χ2n) is 7.09. The molecule has 3 fully saturated rings. The molecule has 0 bridgehead atoms. The smallest absolute Gasteiger partial charge is 0.225 e. The van der Waals surface area contributed by atoms with Crippen LogP contribution in [0.2, 0.25) is 0 Å². The normalized spacial score (nSPS) is 26.1. The molecule has 5 heteroatoms. The van der Waals surface area contributed by atoms with Gasteiger partial charge in [-0.25, -0.2) is 0 Å². The highest BCUT2D eigenvalue weighted by molar-refractivity contribution is 5.80. The SMILES string of the molecule is O=C(C1CCC1)N1CC2(C1)OCCC2COCc1ccncc1. The van der Waals surface area contributed by atoms with Crippen molar-refractivity contribution in [1.29, 1.82) is 0 Å². The van der Waals surface area contributed by atoms with Gasteiger partial charge >= 0.3 is 0 Å². The first kappa shape index (κ1) is 15.1. The quantitative estimate of drug-likeness (QED) is 0.834. The lowest BCUT2D eigenvalue weighted by molar-refractivity contribution is -0.174.